The zero-order valence-corrected chi connectivity index (χ0v) is 11.2. The molecule has 0 aliphatic carbocycles. The number of amides is 2. The smallest absolute Gasteiger partial charge is 0.318 e. The Kier molecular flexibility index (Phi) is 4.35. The van der Waals surface area contributed by atoms with Gasteiger partial charge in [0.15, 0.2) is 0 Å². The van der Waals surface area contributed by atoms with Crippen LogP contribution in [0.2, 0.25) is 0 Å². The summed E-state index contributed by atoms with van der Waals surface area (Å²) in [6.45, 7) is 9.51. The fraction of sp³-hybridized carbons (Fsp3) is 0.583. The maximum Gasteiger partial charge on any atom is 0.318 e. The summed E-state index contributed by atoms with van der Waals surface area (Å²) < 4.78 is 0. The Morgan fingerprint density at radius 2 is 2.06 bits per heavy atom. The van der Waals surface area contributed by atoms with E-state index in [1.807, 2.05) is 45.2 Å². The summed E-state index contributed by atoms with van der Waals surface area (Å²) >= 11 is 1.67. The monoisotopic (exact) mass is 240 g/mol. The maximum atomic E-state index is 11.9. The van der Waals surface area contributed by atoms with Gasteiger partial charge in [-0.2, -0.15) is 0 Å². The molecule has 0 atom stereocenters. The van der Waals surface area contributed by atoms with E-state index in [0.29, 0.717) is 0 Å². The number of nitrogens with zero attached hydrogens (tertiary/aromatic N) is 1. The lowest BCUT2D eigenvalue weighted by molar-refractivity contribution is 0.192. The molecule has 3 nitrogen and oxygen atoms in total. The van der Waals surface area contributed by atoms with Gasteiger partial charge in [-0.15, -0.1) is 11.3 Å². The van der Waals surface area contributed by atoms with E-state index < -0.39 is 0 Å². The summed E-state index contributed by atoms with van der Waals surface area (Å²) in [4.78, 5) is 14.9. The Hall–Kier alpha value is -1.03. The van der Waals surface area contributed by atoms with Crippen LogP contribution in [0.25, 0.3) is 0 Å². The van der Waals surface area contributed by atoms with E-state index in [1.54, 1.807) is 16.2 Å². The molecule has 0 aliphatic rings. The van der Waals surface area contributed by atoms with Gasteiger partial charge in [0, 0.05) is 18.0 Å². The third kappa shape index (κ3) is 2.98. The standard InChI is InChI=1S/C12H20N2OS/c1-5-14(6-2)11(15)13-12(3,4)10-8-7-9-16-10/h7-9H,5-6H2,1-4H3,(H,13,15). The van der Waals surface area contributed by atoms with E-state index in [0.717, 1.165) is 13.1 Å². The van der Waals surface area contributed by atoms with Crippen LogP contribution in [0.4, 0.5) is 4.79 Å². The minimum atomic E-state index is -0.298. The fourth-order valence-corrected chi connectivity index (χ4v) is 2.36. The van der Waals surface area contributed by atoms with E-state index >= 15 is 0 Å². The highest BCUT2D eigenvalue weighted by Gasteiger charge is 2.25. The summed E-state index contributed by atoms with van der Waals surface area (Å²) in [6, 6.07) is 4.06. The van der Waals surface area contributed by atoms with Gasteiger partial charge in [-0.25, -0.2) is 4.79 Å². The molecule has 1 heterocycles. The zero-order valence-electron chi connectivity index (χ0n) is 10.4. The van der Waals surface area contributed by atoms with Crippen LogP contribution in [-0.4, -0.2) is 24.0 Å². The number of hydrogen-bond donors (Lipinski definition) is 1. The first-order chi connectivity index (χ1) is 7.51. The summed E-state index contributed by atoms with van der Waals surface area (Å²) in [5.74, 6) is 0. The lowest BCUT2D eigenvalue weighted by Gasteiger charge is -2.29. The van der Waals surface area contributed by atoms with Gasteiger partial charge in [-0.1, -0.05) is 6.07 Å². The lowest BCUT2D eigenvalue weighted by atomic mass is 10.0. The molecule has 1 aromatic rings. The highest BCUT2D eigenvalue weighted by atomic mass is 32.1. The molecule has 0 fully saturated rings. The van der Waals surface area contributed by atoms with Crippen LogP contribution in [0.3, 0.4) is 0 Å². The average molecular weight is 240 g/mol. The maximum absolute atomic E-state index is 11.9. The SMILES string of the molecule is CCN(CC)C(=O)NC(C)(C)c1cccs1. The third-order valence-electron chi connectivity index (χ3n) is 2.61. The van der Waals surface area contributed by atoms with Crippen molar-refractivity contribution < 1.29 is 4.79 Å². The Bertz CT molecular complexity index is 329. The fourth-order valence-electron chi connectivity index (χ4n) is 1.55. The van der Waals surface area contributed by atoms with Crippen molar-refractivity contribution in [3.05, 3.63) is 22.4 Å². The first-order valence-corrected chi connectivity index (χ1v) is 6.50. The number of thiophene rings is 1. The summed E-state index contributed by atoms with van der Waals surface area (Å²) in [5, 5.41) is 5.09. The number of carbonyl (C=O) groups excluding carboxylic acids is 1. The van der Waals surface area contributed by atoms with Gasteiger partial charge >= 0.3 is 6.03 Å². The summed E-state index contributed by atoms with van der Waals surface area (Å²) in [5.41, 5.74) is -0.298. The molecule has 0 saturated heterocycles. The average Bonchev–Trinajstić information content (AvgIpc) is 2.71. The number of hydrogen-bond acceptors (Lipinski definition) is 2. The Labute approximate surface area is 101 Å². The Balaban J connectivity index is 2.69. The van der Waals surface area contributed by atoms with Crippen molar-refractivity contribution in [2.45, 2.75) is 33.2 Å². The Morgan fingerprint density at radius 3 is 2.50 bits per heavy atom. The predicted octanol–water partition coefficient (Wildman–Crippen LogP) is 3.03. The van der Waals surface area contributed by atoms with Crippen LogP contribution in [0.15, 0.2) is 17.5 Å². The van der Waals surface area contributed by atoms with Crippen molar-refractivity contribution >= 4 is 17.4 Å². The number of rotatable bonds is 4. The second-order valence-electron chi connectivity index (χ2n) is 4.20. The van der Waals surface area contributed by atoms with Crippen molar-refractivity contribution in [2.75, 3.05) is 13.1 Å². The van der Waals surface area contributed by atoms with E-state index in [1.165, 1.54) is 4.88 Å². The van der Waals surface area contributed by atoms with Crippen LogP contribution in [0.1, 0.15) is 32.6 Å². The van der Waals surface area contributed by atoms with Gasteiger partial charge in [0.2, 0.25) is 0 Å². The van der Waals surface area contributed by atoms with Crippen LogP contribution in [0.5, 0.6) is 0 Å². The molecular weight excluding hydrogens is 220 g/mol. The Morgan fingerprint density at radius 1 is 1.44 bits per heavy atom. The molecule has 1 aromatic heterocycles. The van der Waals surface area contributed by atoms with Crippen LogP contribution < -0.4 is 5.32 Å². The third-order valence-corrected chi connectivity index (χ3v) is 3.80. The number of carbonyl (C=O) groups is 1. The highest BCUT2D eigenvalue weighted by molar-refractivity contribution is 7.10. The second-order valence-corrected chi connectivity index (χ2v) is 5.15. The molecular formula is C12H20N2OS. The van der Waals surface area contributed by atoms with E-state index in [-0.39, 0.29) is 11.6 Å². The zero-order chi connectivity index (χ0) is 12.2. The predicted molar refractivity (Wildman–Crippen MR) is 68.8 cm³/mol. The molecule has 0 saturated carbocycles. The molecule has 90 valence electrons. The summed E-state index contributed by atoms with van der Waals surface area (Å²) in [6.07, 6.45) is 0. The summed E-state index contributed by atoms with van der Waals surface area (Å²) in [7, 11) is 0. The molecule has 16 heavy (non-hydrogen) atoms. The van der Waals surface area contributed by atoms with Gasteiger partial charge in [0.1, 0.15) is 0 Å². The highest BCUT2D eigenvalue weighted by Crippen LogP contribution is 2.24. The molecule has 0 aromatic carbocycles. The molecule has 1 N–H and O–H groups in total. The van der Waals surface area contributed by atoms with Crippen molar-refractivity contribution in [1.82, 2.24) is 10.2 Å². The molecule has 2 amide bonds. The van der Waals surface area contributed by atoms with E-state index in [9.17, 15) is 4.79 Å². The molecule has 0 spiro atoms. The normalized spacial score (nSPS) is 11.2. The lowest BCUT2D eigenvalue weighted by Crippen LogP contribution is -2.48. The van der Waals surface area contributed by atoms with Crippen molar-refractivity contribution in [2.24, 2.45) is 0 Å². The molecule has 0 unspecified atom stereocenters. The number of nitrogens with one attached hydrogen (secondary N) is 1. The van der Waals surface area contributed by atoms with Crippen molar-refractivity contribution in [3.8, 4) is 0 Å². The molecule has 0 bridgehead atoms. The van der Waals surface area contributed by atoms with Crippen LogP contribution in [0, 0.1) is 0 Å². The van der Waals surface area contributed by atoms with Gasteiger partial charge in [-0.05, 0) is 39.1 Å². The van der Waals surface area contributed by atoms with Crippen molar-refractivity contribution in [3.63, 3.8) is 0 Å². The molecule has 4 heteroatoms. The van der Waals surface area contributed by atoms with E-state index in [2.05, 4.69) is 5.32 Å². The first-order valence-electron chi connectivity index (χ1n) is 5.62. The quantitative estimate of drug-likeness (QED) is 0.862. The van der Waals surface area contributed by atoms with Gasteiger partial charge in [-0.3, -0.25) is 0 Å². The molecule has 1 rings (SSSR count). The van der Waals surface area contributed by atoms with Crippen LogP contribution in [-0.2, 0) is 5.54 Å². The van der Waals surface area contributed by atoms with E-state index in [4.69, 9.17) is 0 Å². The minimum absolute atomic E-state index is 0.00315. The van der Waals surface area contributed by atoms with Gasteiger partial charge in [0.25, 0.3) is 0 Å². The first kappa shape index (κ1) is 13.0. The largest absolute Gasteiger partial charge is 0.328 e. The number of urea groups is 1. The van der Waals surface area contributed by atoms with Gasteiger partial charge < -0.3 is 10.2 Å². The topological polar surface area (TPSA) is 32.3 Å². The van der Waals surface area contributed by atoms with Crippen molar-refractivity contribution in [1.29, 1.82) is 0 Å². The second kappa shape index (κ2) is 5.34. The molecule has 0 radical (unpaired) electrons. The molecule has 0 aliphatic heterocycles. The van der Waals surface area contributed by atoms with Crippen LogP contribution >= 0.6 is 11.3 Å². The van der Waals surface area contributed by atoms with Gasteiger partial charge in [0.05, 0.1) is 5.54 Å². The minimum Gasteiger partial charge on any atom is -0.328 e.